The molecular weight excluding hydrogens is 314 g/mol. The number of ketones is 1. The minimum atomic E-state index is -0.711. The predicted octanol–water partition coefficient (Wildman–Crippen LogP) is 2.75. The summed E-state index contributed by atoms with van der Waals surface area (Å²) >= 11 is 0. The van der Waals surface area contributed by atoms with Crippen LogP contribution < -0.4 is 0 Å². The van der Waals surface area contributed by atoms with Crippen molar-refractivity contribution in [3.05, 3.63) is 46.2 Å². The third-order valence-corrected chi connectivity index (χ3v) is 3.58. The molecule has 7 nitrogen and oxygen atoms in total. The molecule has 1 N–H and O–H groups in total. The van der Waals surface area contributed by atoms with Crippen LogP contribution in [0.2, 0.25) is 0 Å². The number of furan rings is 1. The van der Waals surface area contributed by atoms with Crippen LogP contribution in [0.1, 0.15) is 55.1 Å². The highest BCUT2D eigenvalue weighted by atomic mass is 16.5. The fraction of sp³-hybridized carbons (Fsp3) is 0.353. The van der Waals surface area contributed by atoms with E-state index in [2.05, 4.69) is 4.98 Å². The van der Waals surface area contributed by atoms with Crippen LogP contribution in [-0.4, -0.2) is 35.9 Å². The maximum absolute atomic E-state index is 12.3. The maximum Gasteiger partial charge on any atom is 0.374 e. The number of Topliss-reactive ketones (excluding diaryl/α,β-unsaturated/α-hetero) is 1. The monoisotopic (exact) mass is 333 g/mol. The molecule has 0 aliphatic heterocycles. The lowest BCUT2D eigenvalue weighted by atomic mass is 10.1. The number of carbonyl (C=O) groups is 3. The van der Waals surface area contributed by atoms with Crippen molar-refractivity contribution < 1.29 is 28.3 Å². The van der Waals surface area contributed by atoms with Gasteiger partial charge in [0.2, 0.25) is 11.5 Å². The molecule has 0 unspecified atom stereocenters. The second-order valence-electron chi connectivity index (χ2n) is 5.28. The first-order valence-corrected chi connectivity index (χ1v) is 7.47. The molecule has 0 atom stereocenters. The van der Waals surface area contributed by atoms with Crippen molar-refractivity contribution in [2.45, 2.75) is 27.7 Å². The Morgan fingerprint density at radius 1 is 1.12 bits per heavy atom. The molecular formula is C17H19NO6. The van der Waals surface area contributed by atoms with E-state index < -0.39 is 24.3 Å². The SMILES string of the molecule is CCOC(=O)c1c(C)[nH]c(C(=O)COC(=O)c2occc2C)c1C. The zero-order valence-corrected chi connectivity index (χ0v) is 14.0. The number of aryl methyl sites for hydroxylation is 2. The van der Waals surface area contributed by atoms with Gasteiger partial charge in [-0.25, -0.2) is 9.59 Å². The number of nitrogens with one attached hydrogen (secondary N) is 1. The number of carbonyl (C=O) groups excluding carboxylic acids is 3. The van der Waals surface area contributed by atoms with Gasteiger partial charge in [-0.05, 0) is 39.3 Å². The van der Waals surface area contributed by atoms with Gasteiger partial charge < -0.3 is 18.9 Å². The van der Waals surface area contributed by atoms with E-state index in [-0.39, 0.29) is 18.1 Å². The van der Waals surface area contributed by atoms with Crippen LogP contribution in [0.25, 0.3) is 0 Å². The zero-order valence-electron chi connectivity index (χ0n) is 14.0. The van der Waals surface area contributed by atoms with E-state index in [1.54, 1.807) is 33.8 Å². The number of esters is 2. The summed E-state index contributed by atoms with van der Waals surface area (Å²) in [5.41, 5.74) is 2.18. The highest BCUT2D eigenvalue weighted by Gasteiger charge is 2.24. The second-order valence-corrected chi connectivity index (χ2v) is 5.28. The summed E-state index contributed by atoms with van der Waals surface area (Å²) in [4.78, 5) is 38.9. The molecule has 0 amide bonds. The first-order chi connectivity index (χ1) is 11.4. The molecule has 7 heteroatoms. The van der Waals surface area contributed by atoms with Crippen LogP contribution >= 0.6 is 0 Å². The van der Waals surface area contributed by atoms with Gasteiger partial charge in [0.15, 0.2) is 6.61 Å². The van der Waals surface area contributed by atoms with Crippen LogP contribution in [0.4, 0.5) is 0 Å². The molecule has 2 heterocycles. The Labute approximate surface area is 138 Å². The summed E-state index contributed by atoms with van der Waals surface area (Å²) in [7, 11) is 0. The van der Waals surface area contributed by atoms with E-state index in [4.69, 9.17) is 13.9 Å². The highest BCUT2D eigenvalue weighted by molar-refractivity contribution is 6.03. The Morgan fingerprint density at radius 3 is 2.42 bits per heavy atom. The molecule has 0 bridgehead atoms. The van der Waals surface area contributed by atoms with Crippen molar-refractivity contribution in [1.82, 2.24) is 4.98 Å². The molecule has 0 saturated heterocycles. The lowest BCUT2D eigenvalue weighted by molar-refractivity contribution is 0.0441. The molecule has 2 rings (SSSR count). The van der Waals surface area contributed by atoms with Crippen molar-refractivity contribution in [3.8, 4) is 0 Å². The van der Waals surface area contributed by atoms with E-state index in [0.29, 0.717) is 22.4 Å². The third kappa shape index (κ3) is 3.40. The van der Waals surface area contributed by atoms with Gasteiger partial charge in [0, 0.05) is 11.3 Å². The van der Waals surface area contributed by atoms with Gasteiger partial charge in [0.1, 0.15) is 0 Å². The highest BCUT2D eigenvalue weighted by Crippen LogP contribution is 2.20. The number of ether oxygens (including phenoxy) is 2. The van der Waals surface area contributed by atoms with E-state index in [9.17, 15) is 14.4 Å². The zero-order chi connectivity index (χ0) is 17.9. The molecule has 2 aromatic rings. The summed E-state index contributed by atoms with van der Waals surface area (Å²) in [5, 5.41) is 0. The van der Waals surface area contributed by atoms with Gasteiger partial charge in [0.25, 0.3) is 0 Å². The summed E-state index contributed by atoms with van der Waals surface area (Å²) < 4.78 is 15.0. The van der Waals surface area contributed by atoms with Crippen LogP contribution in [0.15, 0.2) is 16.7 Å². The Hall–Kier alpha value is -2.83. The van der Waals surface area contributed by atoms with Crippen molar-refractivity contribution in [1.29, 1.82) is 0 Å². The first kappa shape index (κ1) is 17.5. The summed E-state index contributed by atoms with van der Waals surface area (Å²) in [6.45, 7) is 6.51. The van der Waals surface area contributed by atoms with E-state index in [1.807, 2.05) is 0 Å². The second kappa shape index (κ2) is 7.16. The molecule has 0 aliphatic rings. The standard InChI is InChI=1S/C17H19NO6/c1-5-22-16(20)13-10(3)14(18-11(13)4)12(19)8-24-17(21)15-9(2)6-7-23-15/h6-7,18H,5,8H2,1-4H3. The molecule has 2 aromatic heterocycles. The average Bonchev–Trinajstić information content (AvgIpc) is 3.08. The molecule has 0 aromatic carbocycles. The van der Waals surface area contributed by atoms with Gasteiger partial charge in [-0.15, -0.1) is 0 Å². The lowest BCUT2D eigenvalue weighted by Crippen LogP contribution is -2.16. The van der Waals surface area contributed by atoms with Crippen LogP contribution in [0.5, 0.6) is 0 Å². The van der Waals surface area contributed by atoms with Crippen molar-refractivity contribution >= 4 is 17.7 Å². The van der Waals surface area contributed by atoms with E-state index >= 15 is 0 Å². The van der Waals surface area contributed by atoms with E-state index in [0.717, 1.165) is 0 Å². The smallest absolute Gasteiger partial charge is 0.374 e. The minimum absolute atomic E-state index is 0.0643. The van der Waals surface area contributed by atoms with Gasteiger partial charge >= 0.3 is 11.9 Å². The van der Waals surface area contributed by atoms with Gasteiger partial charge in [-0.1, -0.05) is 0 Å². The molecule has 0 fully saturated rings. The van der Waals surface area contributed by atoms with Crippen molar-refractivity contribution in [2.24, 2.45) is 0 Å². The van der Waals surface area contributed by atoms with Crippen molar-refractivity contribution in [3.63, 3.8) is 0 Å². The largest absolute Gasteiger partial charge is 0.462 e. The van der Waals surface area contributed by atoms with Gasteiger partial charge in [-0.2, -0.15) is 0 Å². The topological polar surface area (TPSA) is 98.6 Å². The fourth-order valence-electron chi connectivity index (χ4n) is 2.39. The fourth-order valence-corrected chi connectivity index (χ4v) is 2.39. The average molecular weight is 333 g/mol. The molecule has 0 spiro atoms. The Morgan fingerprint density at radius 2 is 1.83 bits per heavy atom. The number of aromatic amines is 1. The number of hydrogen-bond donors (Lipinski definition) is 1. The van der Waals surface area contributed by atoms with E-state index in [1.165, 1.54) is 6.26 Å². The first-order valence-electron chi connectivity index (χ1n) is 7.47. The Balaban J connectivity index is 2.11. The number of hydrogen-bond acceptors (Lipinski definition) is 6. The number of aromatic nitrogens is 1. The van der Waals surface area contributed by atoms with Gasteiger partial charge in [-0.3, -0.25) is 4.79 Å². The maximum atomic E-state index is 12.3. The normalized spacial score (nSPS) is 10.5. The molecule has 0 radical (unpaired) electrons. The number of rotatable bonds is 6. The predicted molar refractivity (Wildman–Crippen MR) is 84.3 cm³/mol. The van der Waals surface area contributed by atoms with Gasteiger partial charge in [0.05, 0.1) is 24.1 Å². The summed E-state index contributed by atoms with van der Waals surface area (Å²) in [6.07, 6.45) is 1.37. The van der Waals surface area contributed by atoms with Crippen LogP contribution in [0.3, 0.4) is 0 Å². The van der Waals surface area contributed by atoms with Crippen LogP contribution in [0, 0.1) is 20.8 Å². The molecule has 24 heavy (non-hydrogen) atoms. The Kier molecular flexibility index (Phi) is 5.23. The quantitative estimate of drug-likeness (QED) is 0.644. The third-order valence-electron chi connectivity index (χ3n) is 3.58. The summed E-state index contributed by atoms with van der Waals surface area (Å²) in [5.74, 6) is -1.58. The number of H-pyrrole nitrogens is 1. The molecule has 0 saturated carbocycles. The molecule has 0 aliphatic carbocycles. The van der Waals surface area contributed by atoms with Crippen molar-refractivity contribution in [2.75, 3.05) is 13.2 Å². The Bertz CT molecular complexity index is 783. The minimum Gasteiger partial charge on any atom is -0.462 e. The lowest BCUT2D eigenvalue weighted by Gasteiger charge is -2.04. The summed E-state index contributed by atoms with van der Waals surface area (Å²) in [6, 6.07) is 1.63. The molecule has 128 valence electrons. The van der Waals surface area contributed by atoms with Crippen LogP contribution in [-0.2, 0) is 9.47 Å².